The molecule has 28 heavy (non-hydrogen) atoms. The second kappa shape index (κ2) is 7.97. The van der Waals surface area contributed by atoms with Crippen LogP contribution < -0.4 is 10.9 Å². The van der Waals surface area contributed by atoms with E-state index in [2.05, 4.69) is 15.3 Å². The highest BCUT2D eigenvalue weighted by Gasteiger charge is 2.20. The first-order chi connectivity index (χ1) is 13.6. The summed E-state index contributed by atoms with van der Waals surface area (Å²) in [5.74, 6) is -0.380. The zero-order valence-corrected chi connectivity index (χ0v) is 15.9. The molecule has 9 heteroatoms. The highest BCUT2D eigenvalue weighted by atomic mass is 32.1. The number of esters is 1. The molecule has 146 valence electrons. The molecule has 3 aromatic rings. The van der Waals surface area contributed by atoms with Crippen molar-refractivity contribution >= 4 is 33.4 Å². The van der Waals surface area contributed by atoms with Crippen molar-refractivity contribution in [3.05, 3.63) is 50.8 Å². The monoisotopic (exact) mass is 401 g/mol. The molecule has 2 N–H and O–H groups in total. The molecule has 0 bridgehead atoms. The first-order valence-electron chi connectivity index (χ1n) is 9.12. The number of rotatable bonds is 6. The highest BCUT2D eigenvalue weighted by Crippen LogP contribution is 2.33. The van der Waals surface area contributed by atoms with Gasteiger partial charge in [0.25, 0.3) is 11.5 Å². The molecule has 1 amide bonds. The Kier molecular flexibility index (Phi) is 5.25. The molecular weight excluding hydrogens is 382 g/mol. The molecule has 0 spiro atoms. The van der Waals surface area contributed by atoms with Crippen LogP contribution in [0.25, 0.3) is 10.2 Å². The molecule has 0 unspecified atom stereocenters. The third-order valence-corrected chi connectivity index (χ3v) is 5.79. The number of furan rings is 1. The summed E-state index contributed by atoms with van der Waals surface area (Å²) in [7, 11) is 0. The molecule has 0 atom stereocenters. The van der Waals surface area contributed by atoms with Gasteiger partial charge in [-0.05, 0) is 43.4 Å². The van der Waals surface area contributed by atoms with E-state index in [-0.39, 0.29) is 30.9 Å². The van der Waals surface area contributed by atoms with Gasteiger partial charge < -0.3 is 19.5 Å². The summed E-state index contributed by atoms with van der Waals surface area (Å²) in [6.07, 6.45) is 5.54. The number of amides is 1. The average Bonchev–Trinajstić information content (AvgIpc) is 3.34. The van der Waals surface area contributed by atoms with Gasteiger partial charge in [-0.3, -0.25) is 14.4 Å². The SMILES string of the molecule is O=C(CCNC(=O)c1ccco1)OCc1nc2sc3c(c2c(=O)[nH]1)CCCC3. The van der Waals surface area contributed by atoms with E-state index in [1.54, 1.807) is 17.4 Å². The van der Waals surface area contributed by atoms with Crippen LogP contribution >= 0.6 is 11.3 Å². The number of nitrogens with one attached hydrogen (secondary N) is 2. The maximum absolute atomic E-state index is 12.5. The van der Waals surface area contributed by atoms with Gasteiger partial charge in [0.15, 0.2) is 5.76 Å². The molecule has 0 aromatic carbocycles. The van der Waals surface area contributed by atoms with Gasteiger partial charge in [-0.25, -0.2) is 4.98 Å². The Labute approximate surface area is 163 Å². The summed E-state index contributed by atoms with van der Waals surface area (Å²) in [6, 6.07) is 3.14. The van der Waals surface area contributed by atoms with Gasteiger partial charge in [-0.2, -0.15) is 0 Å². The molecule has 3 aromatic heterocycles. The first kappa shape index (κ1) is 18.4. The second-order valence-electron chi connectivity index (χ2n) is 6.55. The fraction of sp³-hybridized carbons (Fsp3) is 0.368. The highest BCUT2D eigenvalue weighted by molar-refractivity contribution is 7.18. The number of nitrogens with zero attached hydrogens (tertiary/aromatic N) is 1. The lowest BCUT2D eigenvalue weighted by atomic mass is 9.97. The van der Waals surface area contributed by atoms with E-state index in [0.717, 1.165) is 31.2 Å². The van der Waals surface area contributed by atoms with Crippen LogP contribution in [0.3, 0.4) is 0 Å². The van der Waals surface area contributed by atoms with Crippen molar-refractivity contribution in [1.29, 1.82) is 0 Å². The molecule has 0 saturated heterocycles. The molecular formula is C19H19N3O5S. The molecule has 0 saturated carbocycles. The van der Waals surface area contributed by atoms with Crippen molar-refractivity contribution in [2.45, 2.75) is 38.7 Å². The van der Waals surface area contributed by atoms with Crippen molar-refractivity contribution in [2.75, 3.05) is 6.54 Å². The summed E-state index contributed by atoms with van der Waals surface area (Å²) >= 11 is 1.55. The van der Waals surface area contributed by atoms with Gasteiger partial charge >= 0.3 is 5.97 Å². The molecule has 4 rings (SSSR count). The van der Waals surface area contributed by atoms with Crippen molar-refractivity contribution in [1.82, 2.24) is 15.3 Å². The van der Waals surface area contributed by atoms with Gasteiger partial charge in [0.2, 0.25) is 0 Å². The van der Waals surface area contributed by atoms with Crippen LogP contribution in [0.15, 0.2) is 27.6 Å². The topological polar surface area (TPSA) is 114 Å². The fourth-order valence-corrected chi connectivity index (χ4v) is 4.55. The van der Waals surface area contributed by atoms with E-state index in [0.29, 0.717) is 16.0 Å². The van der Waals surface area contributed by atoms with Crippen LogP contribution in [0.2, 0.25) is 0 Å². The van der Waals surface area contributed by atoms with E-state index in [9.17, 15) is 14.4 Å². The largest absolute Gasteiger partial charge is 0.459 e. The van der Waals surface area contributed by atoms with Crippen molar-refractivity contribution in [2.24, 2.45) is 0 Å². The molecule has 8 nitrogen and oxygen atoms in total. The Balaban J connectivity index is 1.33. The Morgan fingerprint density at radius 2 is 2.18 bits per heavy atom. The molecule has 3 heterocycles. The lowest BCUT2D eigenvalue weighted by Crippen LogP contribution is -2.26. The Bertz CT molecular complexity index is 1070. The third kappa shape index (κ3) is 3.84. The minimum atomic E-state index is -0.493. The Hall–Kier alpha value is -2.94. The number of hydrogen-bond acceptors (Lipinski definition) is 7. The lowest BCUT2D eigenvalue weighted by molar-refractivity contribution is -0.145. The van der Waals surface area contributed by atoms with E-state index >= 15 is 0 Å². The zero-order chi connectivity index (χ0) is 19.5. The van der Waals surface area contributed by atoms with E-state index in [4.69, 9.17) is 9.15 Å². The van der Waals surface area contributed by atoms with Crippen LogP contribution in [0.4, 0.5) is 0 Å². The van der Waals surface area contributed by atoms with Gasteiger partial charge in [-0.1, -0.05) is 0 Å². The predicted molar refractivity (Wildman–Crippen MR) is 102 cm³/mol. The number of H-pyrrole nitrogens is 1. The Morgan fingerprint density at radius 1 is 1.32 bits per heavy atom. The number of thiophene rings is 1. The van der Waals surface area contributed by atoms with E-state index in [1.807, 2.05) is 0 Å². The molecule has 0 radical (unpaired) electrons. The predicted octanol–water partition coefficient (Wildman–Crippen LogP) is 2.32. The van der Waals surface area contributed by atoms with Crippen molar-refractivity contribution in [3.8, 4) is 0 Å². The number of carbonyl (C=O) groups is 2. The number of aromatic amines is 1. The molecule has 1 aliphatic carbocycles. The van der Waals surface area contributed by atoms with Crippen molar-refractivity contribution in [3.63, 3.8) is 0 Å². The summed E-state index contributed by atoms with van der Waals surface area (Å²) in [5.41, 5.74) is 0.942. The number of aryl methyl sites for hydroxylation is 2. The quantitative estimate of drug-likeness (QED) is 0.613. The van der Waals surface area contributed by atoms with Crippen LogP contribution in [0.5, 0.6) is 0 Å². The third-order valence-electron chi connectivity index (χ3n) is 4.60. The molecule has 0 aliphatic heterocycles. The minimum absolute atomic E-state index is 0.00617. The van der Waals surface area contributed by atoms with Crippen LogP contribution in [-0.2, 0) is 29.0 Å². The maximum Gasteiger partial charge on any atom is 0.308 e. The van der Waals surface area contributed by atoms with Gasteiger partial charge in [0.1, 0.15) is 17.3 Å². The lowest BCUT2D eigenvalue weighted by Gasteiger charge is -2.09. The summed E-state index contributed by atoms with van der Waals surface area (Å²) < 4.78 is 10.1. The molecule has 0 fully saturated rings. The summed E-state index contributed by atoms with van der Waals surface area (Å²) in [4.78, 5) is 45.1. The van der Waals surface area contributed by atoms with Crippen LogP contribution in [0.1, 0.15) is 46.1 Å². The average molecular weight is 401 g/mol. The van der Waals surface area contributed by atoms with Gasteiger partial charge in [0.05, 0.1) is 18.1 Å². The number of fused-ring (bicyclic) bond motifs is 3. The van der Waals surface area contributed by atoms with E-state index in [1.165, 1.54) is 17.2 Å². The number of hydrogen-bond donors (Lipinski definition) is 2. The summed E-state index contributed by atoms with van der Waals surface area (Å²) in [6.45, 7) is 0.0116. The maximum atomic E-state index is 12.5. The van der Waals surface area contributed by atoms with E-state index < -0.39 is 11.9 Å². The standard InChI is InChI=1S/C19H19N3O5S/c23-15(7-8-20-17(24)12-5-3-9-26-12)27-10-14-21-18(25)16-11-4-1-2-6-13(11)28-19(16)22-14/h3,5,9H,1-2,4,6-8,10H2,(H,20,24)(H,21,22,25). The Morgan fingerprint density at radius 3 is 3.00 bits per heavy atom. The fourth-order valence-electron chi connectivity index (χ4n) is 3.27. The zero-order valence-electron chi connectivity index (χ0n) is 15.1. The van der Waals surface area contributed by atoms with Crippen LogP contribution in [-0.4, -0.2) is 28.4 Å². The van der Waals surface area contributed by atoms with Gasteiger partial charge in [-0.15, -0.1) is 11.3 Å². The van der Waals surface area contributed by atoms with Crippen molar-refractivity contribution < 1.29 is 18.7 Å². The first-order valence-corrected chi connectivity index (χ1v) is 9.94. The summed E-state index contributed by atoms with van der Waals surface area (Å²) in [5, 5.41) is 3.25. The van der Waals surface area contributed by atoms with Crippen LogP contribution in [0, 0.1) is 0 Å². The smallest absolute Gasteiger partial charge is 0.308 e. The number of carbonyl (C=O) groups excluding carboxylic acids is 2. The molecule has 1 aliphatic rings. The number of ether oxygens (including phenoxy) is 1. The number of aromatic nitrogens is 2. The second-order valence-corrected chi connectivity index (χ2v) is 7.63. The normalized spacial score (nSPS) is 13.3. The van der Waals surface area contributed by atoms with Gasteiger partial charge in [0, 0.05) is 11.4 Å². The minimum Gasteiger partial charge on any atom is -0.459 e.